The summed E-state index contributed by atoms with van der Waals surface area (Å²) in [6, 6.07) is 12.3. The van der Waals surface area contributed by atoms with E-state index in [-0.39, 0.29) is 5.91 Å². The number of carbonyl (C=O) groups is 1. The average Bonchev–Trinajstić information content (AvgIpc) is 2.42. The lowest BCUT2D eigenvalue weighted by Gasteiger charge is -2.13. The van der Waals surface area contributed by atoms with Crippen molar-refractivity contribution in [2.24, 2.45) is 0 Å². The number of halogens is 4. The van der Waals surface area contributed by atoms with Crippen LogP contribution >= 0.6 is 50.7 Å². The molecule has 0 fully saturated rings. The van der Waals surface area contributed by atoms with E-state index in [9.17, 15) is 4.79 Å². The topological polar surface area (TPSA) is 29.1 Å². The SMILES string of the molecule is O=C(Nc1c(Cl)cc(Br)cc1Cl)C(Cl)c1ccccc1. The van der Waals surface area contributed by atoms with Crippen LogP contribution in [0.1, 0.15) is 10.9 Å². The van der Waals surface area contributed by atoms with E-state index in [0.29, 0.717) is 21.3 Å². The molecule has 1 N–H and O–H groups in total. The molecule has 2 nitrogen and oxygen atoms in total. The van der Waals surface area contributed by atoms with Crippen molar-refractivity contribution in [2.75, 3.05) is 5.32 Å². The molecule has 2 rings (SSSR count). The highest BCUT2D eigenvalue weighted by Gasteiger charge is 2.19. The normalized spacial score (nSPS) is 12.0. The molecule has 0 bridgehead atoms. The number of hydrogen-bond acceptors (Lipinski definition) is 1. The summed E-state index contributed by atoms with van der Waals surface area (Å²) in [4.78, 5) is 12.1. The van der Waals surface area contributed by atoms with Crippen LogP contribution in [0, 0.1) is 0 Å². The number of nitrogens with one attached hydrogen (secondary N) is 1. The van der Waals surface area contributed by atoms with Crippen LogP contribution in [0.25, 0.3) is 0 Å². The minimum absolute atomic E-state index is 0.342. The Hall–Kier alpha value is -0.740. The maximum Gasteiger partial charge on any atom is 0.247 e. The van der Waals surface area contributed by atoms with Gasteiger partial charge in [0.15, 0.2) is 0 Å². The minimum atomic E-state index is -0.813. The first-order chi connectivity index (χ1) is 9.49. The van der Waals surface area contributed by atoms with Gasteiger partial charge in [-0.3, -0.25) is 4.79 Å². The highest BCUT2D eigenvalue weighted by molar-refractivity contribution is 9.10. The van der Waals surface area contributed by atoms with E-state index in [0.717, 1.165) is 4.47 Å². The number of amides is 1. The van der Waals surface area contributed by atoms with Crippen LogP contribution in [0.5, 0.6) is 0 Å². The quantitative estimate of drug-likeness (QED) is 0.669. The second kappa shape index (κ2) is 6.81. The molecular formula is C14H9BrCl3NO. The van der Waals surface area contributed by atoms with Crippen molar-refractivity contribution < 1.29 is 4.79 Å². The van der Waals surface area contributed by atoms with Gasteiger partial charge in [0.2, 0.25) is 5.91 Å². The second-order valence-electron chi connectivity index (χ2n) is 4.01. The van der Waals surface area contributed by atoms with E-state index in [1.165, 1.54) is 0 Å². The van der Waals surface area contributed by atoms with Gasteiger partial charge in [0.25, 0.3) is 0 Å². The molecule has 0 radical (unpaired) electrons. The number of anilines is 1. The summed E-state index contributed by atoms with van der Waals surface area (Å²) in [5.41, 5.74) is 1.05. The third-order valence-electron chi connectivity index (χ3n) is 2.58. The smallest absolute Gasteiger partial charge is 0.247 e. The number of hydrogen-bond donors (Lipinski definition) is 1. The first-order valence-corrected chi connectivity index (χ1v) is 7.62. The van der Waals surface area contributed by atoms with E-state index in [1.807, 2.05) is 18.2 Å². The minimum Gasteiger partial charge on any atom is -0.322 e. The lowest BCUT2D eigenvalue weighted by molar-refractivity contribution is -0.116. The standard InChI is InChI=1S/C14H9BrCl3NO/c15-9-6-10(16)13(11(17)7-9)19-14(20)12(18)8-4-2-1-3-5-8/h1-7,12H,(H,19,20). The zero-order valence-electron chi connectivity index (χ0n) is 10.0. The molecule has 2 aromatic carbocycles. The molecule has 0 saturated heterocycles. The van der Waals surface area contributed by atoms with Gasteiger partial charge in [-0.1, -0.05) is 69.5 Å². The van der Waals surface area contributed by atoms with Crippen molar-refractivity contribution in [1.29, 1.82) is 0 Å². The summed E-state index contributed by atoms with van der Waals surface area (Å²) in [7, 11) is 0. The largest absolute Gasteiger partial charge is 0.322 e. The van der Waals surface area contributed by atoms with Crippen LogP contribution < -0.4 is 5.32 Å². The van der Waals surface area contributed by atoms with Gasteiger partial charge in [0.05, 0.1) is 15.7 Å². The molecule has 0 aromatic heterocycles. The van der Waals surface area contributed by atoms with Crippen molar-refractivity contribution in [3.05, 3.63) is 62.5 Å². The van der Waals surface area contributed by atoms with Crippen LogP contribution in [0.2, 0.25) is 10.0 Å². The molecule has 20 heavy (non-hydrogen) atoms. The van der Waals surface area contributed by atoms with Gasteiger partial charge in [0, 0.05) is 4.47 Å². The van der Waals surface area contributed by atoms with Gasteiger partial charge >= 0.3 is 0 Å². The van der Waals surface area contributed by atoms with Crippen molar-refractivity contribution in [2.45, 2.75) is 5.38 Å². The van der Waals surface area contributed by atoms with Crippen LogP contribution in [-0.2, 0) is 4.79 Å². The molecule has 0 heterocycles. The van der Waals surface area contributed by atoms with Crippen molar-refractivity contribution in [3.8, 4) is 0 Å². The number of carbonyl (C=O) groups excluding carboxylic acids is 1. The Morgan fingerprint density at radius 2 is 1.65 bits per heavy atom. The van der Waals surface area contributed by atoms with Gasteiger partial charge in [-0.2, -0.15) is 0 Å². The Morgan fingerprint density at radius 3 is 2.20 bits per heavy atom. The highest BCUT2D eigenvalue weighted by Crippen LogP contribution is 2.35. The van der Waals surface area contributed by atoms with Crippen LogP contribution in [0.15, 0.2) is 46.9 Å². The number of alkyl halides is 1. The van der Waals surface area contributed by atoms with Crippen molar-refractivity contribution in [3.63, 3.8) is 0 Å². The first-order valence-electron chi connectivity index (χ1n) is 5.63. The third-order valence-corrected chi connectivity index (χ3v) is 4.08. The Bertz CT molecular complexity index is 611. The van der Waals surface area contributed by atoms with E-state index < -0.39 is 5.38 Å². The van der Waals surface area contributed by atoms with Crippen molar-refractivity contribution in [1.82, 2.24) is 0 Å². The summed E-state index contributed by atoms with van der Waals surface area (Å²) in [6.07, 6.45) is 0. The van der Waals surface area contributed by atoms with Crippen LogP contribution in [0.4, 0.5) is 5.69 Å². The summed E-state index contributed by atoms with van der Waals surface area (Å²) >= 11 is 21.5. The van der Waals surface area contributed by atoms with Gasteiger partial charge in [-0.25, -0.2) is 0 Å². The molecule has 6 heteroatoms. The summed E-state index contributed by atoms with van der Waals surface area (Å²) in [5, 5.41) is 2.52. The van der Waals surface area contributed by atoms with E-state index in [4.69, 9.17) is 34.8 Å². The average molecular weight is 393 g/mol. The molecule has 0 aliphatic carbocycles. The third kappa shape index (κ3) is 3.67. The number of benzene rings is 2. The van der Waals surface area contributed by atoms with E-state index in [1.54, 1.807) is 24.3 Å². The molecule has 0 aliphatic rings. The fraction of sp³-hybridized carbons (Fsp3) is 0.0714. The molecule has 1 unspecified atom stereocenters. The Balaban J connectivity index is 2.20. The summed E-state index contributed by atoms with van der Waals surface area (Å²) in [6.45, 7) is 0. The monoisotopic (exact) mass is 391 g/mol. The molecule has 0 spiro atoms. The zero-order valence-corrected chi connectivity index (χ0v) is 13.9. The molecule has 1 amide bonds. The van der Waals surface area contributed by atoms with Crippen LogP contribution in [0.3, 0.4) is 0 Å². The lowest BCUT2D eigenvalue weighted by atomic mass is 10.1. The fourth-order valence-electron chi connectivity index (χ4n) is 1.62. The Kier molecular flexibility index (Phi) is 5.33. The molecule has 2 aromatic rings. The summed E-state index contributed by atoms with van der Waals surface area (Å²) < 4.78 is 0.732. The van der Waals surface area contributed by atoms with Gasteiger partial charge in [-0.15, -0.1) is 11.6 Å². The Labute approximate surface area is 140 Å². The first kappa shape index (κ1) is 15.6. The second-order valence-corrected chi connectivity index (χ2v) is 6.17. The summed E-state index contributed by atoms with van der Waals surface area (Å²) in [5.74, 6) is -0.385. The molecule has 0 aliphatic heterocycles. The Morgan fingerprint density at radius 1 is 1.10 bits per heavy atom. The molecule has 104 valence electrons. The number of rotatable bonds is 3. The zero-order chi connectivity index (χ0) is 14.7. The van der Waals surface area contributed by atoms with Crippen LogP contribution in [-0.4, -0.2) is 5.91 Å². The predicted octanol–water partition coefficient (Wildman–Crippen LogP) is 5.67. The molecular weight excluding hydrogens is 384 g/mol. The van der Waals surface area contributed by atoms with Gasteiger partial charge in [0.1, 0.15) is 5.38 Å². The predicted molar refractivity (Wildman–Crippen MR) is 87.8 cm³/mol. The van der Waals surface area contributed by atoms with E-state index in [2.05, 4.69) is 21.2 Å². The molecule has 0 saturated carbocycles. The fourth-order valence-corrected chi connectivity index (χ4v) is 3.12. The van der Waals surface area contributed by atoms with Gasteiger partial charge in [-0.05, 0) is 17.7 Å². The maximum absolute atomic E-state index is 12.1. The van der Waals surface area contributed by atoms with Crippen molar-refractivity contribution >= 4 is 62.3 Å². The highest BCUT2D eigenvalue weighted by atomic mass is 79.9. The maximum atomic E-state index is 12.1. The van der Waals surface area contributed by atoms with Gasteiger partial charge < -0.3 is 5.32 Å². The molecule has 1 atom stereocenters. The van der Waals surface area contributed by atoms with E-state index >= 15 is 0 Å². The lowest BCUT2D eigenvalue weighted by Crippen LogP contribution is -2.17.